The third-order valence-corrected chi connectivity index (χ3v) is 4.29. The molecule has 1 aromatic heterocycles. The van der Waals surface area contributed by atoms with E-state index in [9.17, 15) is 18.0 Å². The maximum atomic E-state index is 12.6. The largest absolute Gasteiger partial charge is 0.416 e. The highest BCUT2D eigenvalue weighted by Gasteiger charge is 2.34. The monoisotopic (exact) mass is 337 g/mol. The summed E-state index contributed by atoms with van der Waals surface area (Å²) >= 11 is 0. The van der Waals surface area contributed by atoms with E-state index in [-0.39, 0.29) is 17.9 Å². The first-order chi connectivity index (χ1) is 11.3. The zero-order chi connectivity index (χ0) is 17.5. The molecule has 0 aliphatic carbocycles. The van der Waals surface area contributed by atoms with Gasteiger partial charge in [-0.1, -0.05) is 12.1 Å². The Kier molecular flexibility index (Phi) is 4.11. The second kappa shape index (κ2) is 5.96. The summed E-state index contributed by atoms with van der Waals surface area (Å²) in [5, 5.41) is 0. The lowest BCUT2D eigenvalue weighted by Gasteiger charge is -2.20. The molecular formula is C17H18F3N3O. The fourth-order valence-corrected chi connectivity index (χ4v) is 2.94. The highest BCUT2D eigenvalue weighted by Crippen LogP contribution is 2.32. The van der Waals surface area contributed by atoms with Crippen LogP contribution in [0.4, 0.5) is 13.2 Å². The Morgan fingerprint density at radius 1 is 1.25 bits per heavy atom. The van der Waals surface area contributed by atoms with Crippen LogP contribution in [0.2, 0.25) is 0 Å². The Morgan fingerprint density at radius 2 is 1.92 bits per heavy atom. The summed E-state index contributed by atoms with van der Waals surface area (Å²) in [4.78, 5) is 21.3. The molecule has 2 aromatic rings. The van der Waals surface area contributed by atoms with Gasteiger partial charge in [-0.3, -0.25) is 4.79 Å². The summed E-state index contributed by atoms with van der Waals surface area (Å²) in [7, 11) is 0. The Morgan fingerprint density at radius 3 is 2.46 bits per heavy atom. The molecule has 0 radical (unpaired) electrons. The maximum Gasteiger partial charge on any atom is 0.416 e. The molecule has 1 aromatic carbocycles. The van der Waals surface area contributed by atoms with Crippen molar-refractivity contribution in [2.45, 2.75) is 38.4 Å². The number of hydrogen-bond donors (Lipinski definition) is 1. The van der Waals surface area contributed by atoms with Crippen LogP contribution in [0, 0.1) is 0 Å². The standard InChI is InChI=1S/C17H18F3N3O/c1-10(2)23-9-12(7-15(23)24)16-21-8-14(22-16)11-3-5-13(6-4-11)17(18,19)20/h3-6,8,10,12H,7,9H2,1-2H3,(H,21,22)/t12-/m1/s1. The third kappa shape index (κ3) is 3.16. The molecule has 4 nitrogen and oxygen atoms in total. The van der Waals surface area contributed by atoms with Gasteiger partial charge in [-0.05, 0) is 31.5 Å². The highest BCUT2D eigenvalue weighted by molar-refractivity contribution is 5.79. The van der Waals surface area contributed by atoms with Gasteiger partial charge in [0.25, 0.3) is 0 Å². The van der Waals surface area contributed by atoms with Gasteiger partial charge in [-0.25, -0.2) is 4.98 Å². The number of H-pyrrole nitrogens is 1. The van der Waals surface area contributed by atoms with E-state index in [1.165, 1.54) is 12.1 Å². The topological polar surface area (TPSA) is 49.0 Å². The summed E-state index contributed by atoms with van der Waals surface area (Å²) in [6.45, 7) is 4.54. The molecule has 7 heteroatoms. The van der Waals surface area contributed by atoms with Gasteiger partial charge in [0.2, 0.25) is 5.91 Å². The molecule has 1 amide bonds. The van der Waals surface area contributed by atoms with Gasteiger partial charge in [0.15, 0.2) is 0 Å². The molecule has 2 heterocycles. The summed E-state index contributed by atoms with van der Waals surface area (Å²) in [6, 6.07) is 5.08. The van der Waals surface area contributed by atoms with E-state index >= 15 is 0 Å². The summed E-state index contributed by atoms with van der Waals surface area (Å²) in [6.07, 6.45) is -2.35. The predicted molar refractivity (Wildman–Crippen MR) is 83.2 cm³/mol. The van der Waals surface area contributed by atoms with Gasteiger partial charge in [0.1, 0.15) is 5.82 Å². The minimum Gasteiger partial charge on any atom is -0.342 e. The average Bonchev–Trinajstić information content (AvgIpc) is 3.13. The molecule has 1 aliphatic heterocycles. The van der Waals surface area contributed by atoms with E-state index in [1.807, 2.05) is 18.7 Å². The molecule has 0 spiro atoms. The van der Waals surface area contributed by atoms with E-state index in [4.69, 9.17) is 0 Å². The number of hydrogen-bond acceptors (Lipinski definition) is 2. The number of nitrogens with zero attached hydrogens (tertiary/aromatic N) is 2. The van der Waals surface area contributed by atoms with Gasteiger partial charge in [-0.15, -0.1) is 0 Å². The second-order valence-electron chi connectivity index (χ2n) is 6.30. The Hall–Kier alpha value is -2.31. The van der Waals surface area contributed by atoms with Crippen LogP contribution in [0.15, 0.2) is 30.5 Å². The number of imidazole rings is 1. The number of halogens is 3. The lowest BCUT2D eigenvalue weighted by molar-refractivity contribution is -0.137. The quantitative estimate of drug-likeness (QED) is 0.926. The van der Waals surface area contributed by atoms with Crippen LogP contribution in [-0.2, 0) is 11.0 Å². The van der Waals surface area contributed by atoms with E-state index < -0.39 is 11.7 Å². The van der Waals surface area contributed by atoms with E-state index in [0.29, 0.717) is 30.0 Å². The molecule has 1 N–H and O–H groups in total. The summed E-state index contributed by atoms with van der Waals surface area (Å²) in [5.74, 6) is 0.784. The zero-order valence-corrected chi connectivity index (χ0v) is 13.4. The average molecular weight is 337 g/mol. The molecule has 1 atom stereocenters. The lowest BCUT2D eigenvalue weighted by atomic mass is 10.1. The maximum absolute atomic E-state index is 12.6. The summed E-state index contributed by atoms with van der Waals surface area (Å²) in [5.41, 5.74) is 0.598. The van der Waals surface area contributed by atoms with E-state index in [2.05, 4.69) is 9.97 Å². The molecule has 1 aliphatic rings. The first-order valence-corrected chi connectivity index (χ1v) is 7.77. The van der Waals surface area contributed by atoms with Crippen LogP contribution in [0.1, 0.15) is 37.6 Å². The number of nitrogens with one attached hydrogen (secondary N) is 1. The van der Waals surface area contributed by atoms with Crippen molar-refractivity contribution < 1.29 is 18.0 Å². The van der Waals surface area contributed by atoms with Crippen molar-refractivity contribution in [1.82, 2.24) is 14.9 Å². The summed E-state index contributed by atoms with van der Waals surface area (Å²) < 4.78 is 37.8. The van der Waals surface area contributed by atoms with Gasteiger partial charge < -0.3 is 9.88 Å². The van der Waals surface area contributed by atoms with Crippen LogP contribution in [0.25, 0.3) is 11.3 Å². The number of aromatic nitrogens is 2. The number of carbonyl (C=O) groups is 1. The number of likely N-dealkylation sites (tertiary alicyclic amines) is 1. The van der Waals surface area contributed by atoms with E-state index in [0.717, 1.165) is 12.1 Å². The zero-order valence-electron chi connectivity index (χ0n) is 13.4. The number of amides is 1. The Labute approximate surface area is 137 Å². The minimum atomic E-state index is -4.35. The first kappa shape index (κ1) is 16.5. The van der Waals surface area contributed by atoms with Crippen molar-refractivity contribution >= 4 is 5.91 Å². The molecule has 3 rings (SSSR count). The first-order valence-electron chi connectivity index (χ1n) is 7.77. The lowest BCUT2D eigenvalue weighted by Crippen LogP contribution is -2.31. The van der Waals surface area contributed by atoms with E-state index in [1.54, 1.807) is 6.20 Å². The van der Waals surface area contributed by atoms with Crippen molar-refractivity contribution in [2.75, 3.05) is 6.54 Å². The number of rotatable bonds is 3. The van der Waals surface area contributed by atoms with Crippen molar-refractivity contribution in [2.24, 2.45) is 0 Å². The highest BCUT2D eigenvalue weighted by atomic mass is 19.4. The molecule has 0 unspecified atom stereocenters. The molecule has 1 fully saturated rings. The normalized spacial score (nSPS) is 18.7. The molecule has 0 bridgehead atoms. The Bertz CT molecular complexity index is 734. The van der Waals surface area contributed by atoms with Crippen LogP contribution in [0.3, 0.4) is 0 Å². The van der Waals surface area contributed by atoms with Gasteiger partial charge in [0.05, 0.1) is 17.5 Å². The number of alkyl halides is 3. The van der Waals surface area contributed by atoms with Crippen molar-refractivity contribution in [3.05, 3.63) is 41.9 Å². The Balaban J connectivity index is 1.78. The second-order valence-corrected chi connectivity index (χ2v) is 6.30. The number of carbonyl (C=O) groups excluding carboxylic acids is 1. The molecule has 24 heavy (non-hydrogen) atoms. The molecule has 0 saturated carbocycles. The van der Waals surface area contributed by atoms with Crippen LogP contribution in [-0.4, -0.2) is 33.4 Å². The molecular weight excluding hydrogens is 319 g/mol. The van der Waals surface area contributed by atoms with Gasteiger partial charge in [-0.2, -0.15) is 13.2 Å². The molecule has 128 valence electrons. The van der Waals surface area contributed by atoms with Crippen molar-refractivity contribution in [3.8, 4) is 11.3 Å². The van der Waals surface area contributed by atoms with Crippen molar-refractivity contribution in [3.63, 3.8) is 0 Å². The SMILES string of the molecule is CC(C)N1C[C@H](c2ncc(-c3ccc(C(F)(F)F)cc3)[nH]2)CC1=O. The van der Waals surface area contributed by atoms with Gasteiger partial charge in [0, 0.05) is 24.9 Å². The third-order valence-electron chi connectivity index (χ3n) is 4.29. The van der Waals surface area contributed by atoms with Gasteiger partial charge >= 0.3 is 6.18 Å². The molecule has 1 saturated heterocycles. The fourth-order valence-electron chi connectivity index (χ4n) is 2.94. The van der Waals surface area contributed by atoms with Crippen LogP contribution in [0.5, 0.6) is 0 Å². The van der Waals surface area contributed by atoms with Crippen LogP contribution < -0.4 is 0 Å². The number of benzene rings is 1. The predicted octanol–water partition coefficient (Wildman–Crippen LogP) is 3.82. The minimum absolute atomic E-state index is 0.0110. The van der Waals surface area contributed by atoms with Crippen LogP contribution >= 0.6 is 0 Å². The smallest absolute Gasteiger partial charge is 0.342 e. The fraction of sp³-hybridized carbons (Fsp3) is 0.412. The van der Waals surface area contributed by atoms with Crippen molar-refractivity contribution in [1.29, 1.82) is 0 Å². The number of aromatic amines is 1.